The number of rotatable bonds is 2. The number of halogens is 1. The third-order valence-corrected chi connectivity index (χ3v) is 3.46. The Labute approximate surface area is 141 Å². The highest BCUT2D eigenvalue weighted by Crippen LogP contribution is 2.35. The van der Waals surface area contributed by atoms with Crippen LogP contribution >= 0.6 is 0 Å². The zero-order valence-corrected chi connectivity index (χ0v) is 13.1. The quantitative estimate of drug-likeness (QED) is 0.490. The molecular formula is C17H13FN4O3. The third-order valence-electron chi connectivity index (χ3n) is 3.46. The summed E-state index contributed by atoms with van der Waals surface area (Å²) in [5.41, 5.74) is 1.75. The molecule has 3 rings (SSSR count). The van der Waals surface area contributed by atoms with Gasteiger partial charge < -0.3 is 15.4 Å². The summed E-state index contributed by atoms with van der Waals surface area (Å²) in [5, 5.41) is 19.3. The number of H-pyrrole nitrogens is 1. The van der Waals surface area contributed by atoms with Gasteiger partial charge in [0.25, 0.3) is 0 Å². The number of amides is 2. The van der Waals surface area contributed by atoms with Crippen molar-refractivity contribution in [1.82, 2.24) is 4.98 Å². The number of hydrogen-bond acceptors (Lipinski definition) is 4. The molecule has 126 valence electrons. The van der Waals surface area contributed by atoms with Gasteiger partial charge in [-0.2, -0.15) is 0 Å². The summed E-state index contributed by atoms with van der Waals surface area (Å²) in [4.78, 5) is 26.2. The molecule has 0 radical (unpaired) electrons. The predicted octanol–water partition coefficient (Wildman–Crippen LogP) is 3.57. The first-order valence-electron chi connectivity index (χ1n) is 7.28. The summed E-state index contributed by atoms with van der Waals surface area (Å²) in [6, 6.07) is 10.6. The van der Waals surface area contributed by atoms with Crippen LogP contribution in [-0.4, -0.2) is 21.9 Å². The number of nitrogens with zero attached hydrogens (tertiary/aromatic N) is 2. The molecule has 0 saturated carbocycles. The van der Waals surface area contributed by atoms with Crippen LogP contribution < -0.4 is 5.32 Å². The minimum absolute atomic E-state index is 0.119. The summed E-state index contributed by atoms with van der Waals surface area (Å²) in [7, 11) is 0. The molecular weight excluding hydrogens is 327 g/mol. The molecule has 0 bridgehead atoms. The fraction of sp³-hybridized carbons (Fsp3) is 0.0588. The molecule has 0 atom stereocenters. The number of aryl methyl sites for hydroxylation is 1. The van der Waals surface area contributed by atoms with E-state index in [1.165, 1.54) is 12.1 Å². The molecule has 0 aliphatic rings. The SMILES string of the molecule is Cc1ccc(NC(=O)C(=O)N=Nc2c(O)[nH]c3ccc(F)cc23)cc1. The van der Waals surface area contributed by atoms with Crippen molar-refractivity contribution in [3.05, 3.63) is 53.8 Å². The lowest BCUT2D eigenvalue weighted by molar-refractivity contribution is -0.134. The molecule has 0 aliphatic heterocycles. The molecule has 2 aromatic carbocycles. The monoisotopic (exact) mass is 340 g/mol. The topological polar surface area (TPSA) is 107 Å². The lowest BCUT2D eigenvalue weighted by Crippen LogP contribution is -2.20. The van der Waals surface area contributed by atoms with E-state index in [1.54, 1.807) is 24.3 Å². The minimum atomic E-state index is -1.15. The van der Waals surface area contributed by atoms with Crippen LogP contribution in [0.15, 0.2) is 52.7 Å². The fourth-order valence-electron chi connectivity index (χ4n) is 2.20. The Hall–Kier alpha value is -3.55. The van der Waals surface area contributed by atoms with Gasteiger partial charge in [-0.3, -0.25) is 9.59 Å². The lowest BCUT2D eigenvalue weighted by Gasteiger charge is -2.01. The van der Waals surface area contributed by atoms with Crippen molar-refractivity contribution in [1.29, 1.82) is 0 Å². The van der Waals surface area contributed by atoms with E-state index in [2.05, 4.69) is 20.5 Å². The van der Waals surface area contributed by atoms with E-state index in [9.17, 15) is 19.1 Å². The highest BCUT2D eigenvalue weighted by atomic mass is 19.1. The molecule has 8 heteroatoms. The predicted molar refractivity (Wildman–Crippen MR) is 89.3 cm³/mol. The van der Waals surface area contributed by atoms with E-state index in [4.69, 9.17) is 0 Å². The smallest absolute Gasteiger partial charge is 0.353 e. The van der Waals surface area contributed by atoms with Gasteiger partial charge in [-0.1, -0.05) is 17.7 Å². The second-order valence-corrected chi connectivity index (χ2v) is 5.34. The van der Waals surface area contributed by atoms with Crippen LogP contribution in [0.1, 0.15) is 5.56 Å². The third kappa shape index (κ3) is 3.52. The second-order valence-electron chi connectivity index (χ2n) is 5.34. The molecule has 0 spiro atoms. The van der Waals surface area contributed by atoms with Crippen molar-refractivity contribution in [3.63, 3.8) is 0 Å². The summed E-state index contributed by atoms with van der Waals surface area (Å²) < 4.78 is 13.3. The number of azo groups is 1. The zero-order valence-electron chi connectivity index (χ0n) is 13.1. The van der Waals surface area contributed by atoms with Crippen LogP contribution in [0.5, 0.6) is 5.88 Å². The maximum Gasteiger partial charge on any atom is 0.353 e. The van der Waals surface area contributed by atoms with E-state index in [1.807, 2.05) is 6.92 Å². The Morgan fingerprint density at radius 1 is 1.16 bits per heavy atom. The number of benzene rings is 2. The number of anilines is 1. The second kappa shape index (κ2) is 6.52. The number of fused-ring (bicyclic) bond motifs is 1. The Morgan fingerprint density at radius 2 is 1.88 bits per heavy atom. The molecule has 7 nitrogen and oxygen atoms in total. The first kappa shape index (κ1) is 16.3. The summed E-state index contributed by atoms with van der Waals surface area (Å²) in [6.07, 6.45) is 0. The number of aromatic amines is 1. The van der Waals surface area contributed by atoms with Crippen molar-refractivity contribution in [2.24, 2.45) is 10.2 Å². The largest absolute Gasteiger partial charge is 0.493 e. The van der Waals surface area contributed by atoms with Gasteiger partial charge in [-0.25, -0.2) is 4.39 Å². The molecule has 3 aromatic rings. The standard InChI is InChI=1S/C17H13FN4O3/c1-9-2-5-11(6-3-9)19-16(24)17(25)22-21-14-12-8-10(18)4-7-13(12)20-15(14)23/h2-8,20,23H,1H3,(H,19,24). The van der Waals surface area contributed by atoms with Gasteiger partial charge in [0.1, 0.15) is 5.82 Å². The van der Waals surface area contributed by atoms with Crippen LogP contribution in [0.3, 0.4) is 0 Å². The number of aromatic hydroxyl groups is 1. The molecule has 1 aromatic heterocycles. The Bertz CT molecular complexity index is 993. The molecule has 2 amide bonds. The van der Waals surface area contributed by atoms with Crippen molar-refractivity contribution < 1.29 is 19.1 Å². The average molecular weight is 340 g/mol. The maximum absolute atomic E-state index is 13.3. The first-order valence-corrected chi connectivity index (χ1v) is 7.28. The molecule has 25 heavy (non-hydrogen) atoms. The van der Waals surface area contributed by atoms with Gasteiger partial charge >= 0.3 is 11.8 Å². The van der Waals surface area contributed by atoms with Gasteiger partial charge in [0.15, 0.2) is 5.69 Å². The van der Waals surface area contributed by atoms with Crippen molar-refractivity contribution in [3.8, 4) is 5.88 Å². The van der Waals surface area contributed by atoms with Crippen molar-refractivity contribution >= 4 is 34.1 Å². The van der Waals surface area contributed by atoms with E-state index in [0.717, 1.165) is 11.6 Å². The summed E-state index contributed by atoms with van der Waals surface area (Å²) >= 11 is 0. The number of hydrogen-bond donors (Lipinski definition) is 3. The van der Waals surface area contributed by atoms with Gasteiger partial charge in [0, 0.05) is 11.1 Å². The molecule has 0 saturated heterocycles. The Balaban J connectivity index is 1.78. The van der Waals surface area contributed by atoms with Crippen LogP contribution in [0.25, 0.3) is 10.9 Å². The Morgan fingerprint density at radius 3 is 2.60 bits per heavy atom. The molecule has 0 unspecified atom stereocenters. The highest BCUT2D eigenvalue weighted by Gasteiger charge is 2.15. The van der Waals surface area contributed by atoms with Gasteiger partial charge in [0.05, 0.1) is 5.52 Å². The van der Waals surface area contributed by atoms with Gasteiger partial charge in [-0.15, -0.1) is 10.2 Å². The average Bonchev–Trinajstić information content (AvgIpc) is 2.89. The van der Waals surface area contributed by atoms with Crippen LogP contribution in [0.4, 0.5) is 15.8 Å². The molecule has 3 N–H and O–H groups in total. The number of carbonyl (C=O) groups excluding carboxylic acids is 2. The first-order chi connectivity index (χ1) is 11.9. The minimum Gasteiger partial charge on any atom is -0.493 e. The molecule has 1 heterocycles. The van der Waals surface area contributed by atoms with E-state index in [-0.39, 0.29) is 17.0 Å². The zero-order chi connectivity index (χ0) is 18.0. The van der Waals surface area contributed by atoms with Gasteiger partial charge in [-0.05, 0) is 37.3 Å². The van der Waals surface area contributed by atoms with E-state index in [0.29, 0.717) is 11.2 Å². The summed E-state index contributed by atoms with van der Waals surface area (Å²) in [6.45, 7) is 1.89. The van der Waals surface area contributed by atoms with Gasteiger partial charge in [0.2, 0.25) is 5.88 Å². The fourth-order valence-corrected chi connectivity index (χ4v) is 2.20. The number of aromatic nitrogens is 1. The lowest BCUT2D eigenvalue weighted by atomic mass is 10.2. The van der Waals surface area contributed by atoms with Crippen molar-refractivity contribution in [2.45, 2.75) is 6.92 Å². The Kier molecular flexibility index (Phi) is 4.25. The van der Waals surface area contributed by atoms with Crippen LogP contribution in [0, 0.1) is 12.7 Å². The summed E-state index contributed by atoms with van der Waals surface area (Å²) in [5.74, 6) is -3.04. The molecule has 0 fully saturated rings. The highest BCUT2D eigenvalue weighted by molar-refractivity contribution is 6.40. The van der Waals surface area contributed by atoms with E-state index < -0.39 is 17.6 Å². The number of carbonyl (C=O) groups is 2. The number of nitrogens with one attached hydrogen (secondary N) is 2. The van der Waals surface area contributed by atoms with E-state index >= 15 is 0 Å². The van der Waals surface area contributed by atoms with Crippen LogP contribution in [-0.2, 0) is 9.59 Å². The maximum atomic E-state index is 13.3. The normalized spacial score (nSPS) is 11.1. The van der Waals surface area contributed by atoms with Crippen molar-refractivity contribution in [2.75, 3.05) is 5.32 Å². The van der Waals surface area contributed by atoms with Crippen LogP contribution in [0.2, 0.25) is 0 Å². The molecule has 0 aliphatic carbocycles.